The fourth-order valence-corrected chi connectivity index (χ4v) is 1.65. The van der Waals surface area contributed by atoms with Gasteiger partial charge in [0.05, 0.1) is 6.04 Å². The number of hydrogen-bond donors (Lipinski definition) is 2. The predicted octanol–water partition coefficient (Wildman–Crippen LogP) is 2.28. The minimum atomic E-state index is -4.55. The highest BCUT2D eigenvalue weighted by molar-refractivity contribution is 5.76. The molecule has 1 aromatic rings. The molecule has 0 aliphatic carbocycles. The lowest BCUT2D eigenvalue weighted by atomic mass is 10.1. The molecule has 1 heterocycles. The molecule has 1 saturated heterocycles. The molecule has 0 saturated carbocycles. The molecule has 0 spiro atoms. The summed E-state index contributed by atoms with van der Waals surface area (Å²) in [5.74, 6) is -0.385. The topological polar surface area (TPSA) is 50.4 Å². The first-order chi connectivity index (χ1) is 8.88. The number of ether oxygens (including phenoxy) is 1. The minimum absolute atomic E-state index is 0.285. The Bertz CT molecular complexity index is 482. The number of carbonyl (C=O) groups excluding carboxylic acids is 1. The summed E-state index contributed by atoms with van der Waals surface area (Å²) in [6, 6.07) is 4.51. The van der Waals surface area contributed by atoms with Crippen molar-refractivity contribution in [3.63, 3.8) is 0 Å². The van der Waals surface area contributed by atoms with Crippen LogP contribution in [0.3, 0.4) is 0 Å². The van der Waals surface area contributed by atoms with E-state index in [4.69, 9.17) is 0 Å². The lowest BCUT2D eigenvalue weighted by Gasteiger charge is -2.18. The van der Waals surface area contributed by atoms with E-state index in [1.54, 1.807) is 6.07 Å². The van der Waals surface area contributed by atoms with Gasteiger partial charge in [0.2, 0.25) is 0 Å². The first kappa shape index (κ1) is 13.4. The molecule has 1 aliphatic rings. The standard InChI is InChI=1S/C11H10F4N2O2/c12-9(13)11(14,15)19-7-3-1-2-6(4-7)8-5-16-10(18)17-8/h1-4,8-9H,5H2,(H2,16,17,18)/t8-/m0/s1. The third kappa shape index (κ3) is 3.07. The maximum Gasteiger partial charge on any atom is 0.461 e. The molecular formula is C11H10F4N2O2. The van der Waals surface area contributed by atoms with Gasteiger partial charge in [0, 0.05) is 6.54 Å². The summed E-state index contributed by atoms with van der Waals surface area (Å²) in [5, 5.41) is 5.04. The van der Waals surface area contributed by atoms with E-state index in [0.717, 1.165) is 6.07 Å². The maximum absolute atomic E-state index is 12.7. The molecule has 0 aromatic heterocycles. The Morgan fingerprint density at radius 2 is 2.11 bits per heavy atom. The number of rotatable bonds is 4. The van der Waals surface area contributed by atoms with Crippen LogP contribution in [0, 0.1) is 0 Å². The molecule has 8 heteroatoms. The van der Waals surface area contributed by atoms with Crippen molar-refractivity contribution in [1.29, 1.82) is 0 Å². The molecule has 19 heavy (non-hydrogen) atoms. The summed E-state index contributed by atoms with van der Waals surface area (Å²) < 4.78 is 53.5. The summed E-state index contributed by atoms with van der Waals surface area (Å²) >= 11 is 0. The smallest absolute Gasteiger partial charge is 0.428 e. The van der Waals surface area contributed by atoms with E-state index in [-0.39, 0.29) is 18.3 Å². The molecule has 4 nitrogen and oxygen atoms in total. The van der Waals surface area contributed by atoms with Crippen LogP contribution in [-0.4, -0.2) is 25.1 Å². The molecule has 104 valence electrons. The van der Waals surface area contributed by atoms with Crippen LogP contribution >= 0.6 is 0 Å². The van der Waals surface area contributed by atoms with Gasteiger partial charge in [-0.3, -0.25) is 0 Å². The Morgan fingerprint density at radius 3 is 2.68 bits per heavy atom. The fraction of sp³-hybridized carbons (Fsp3) is 0.364. The molecule has 2 rings (SSSR count). The molecule has 1 atom stereocenters. The zero-order valence-electron chi connectivity index (χ0n) is 9.50. The molecular weight excluding hydrogens is 268 g/mol. The number of amides is 2. The number of nitrogens with one attached hydrogen (secondary N) is 2. The van der Waals surface area contributed by atoms with E-state index >= 15 is 0 Å². The second kappa shape index (κ2) is 4.94. The van der Waals surface area contributed by atoms with Gasteiger partial charge in [-0.25, -0.2) is 4.79 Å². The fourth-order valence-electron chi connectivity index (χ4n) is 1.65. The van der Waals surface area contributed by atoms with Gasteiger partial charge in [0.25, 0.3) is 0 Å². The zero-order valence-corrected chi connectivity index (χ0v) is 9.50. The van der Waals surface area contributed by atoms with Crippen molar-refractivity contribution in [3.8, 4) is 5.75 Å². The SMILES string of the molecule is O=C1NC[C@@H](c2cccc(OC(F)(F)C(F)F)c2)N1. The molecule has 0 unspecified atom stereocenters. The first-order valence-electron chi connectivity index (χ1n) is 5.38. The van der Waals surface area contributed by atoms with Crippen LogP contribution in [0.5, 0.6) is 5.75 Å². The van der Waals surface area contributed by atoms with Crippen LogP contribution in [-0.2, 0) is 0 Å². The number of hydrogen-bond acceptors (Lipinski definition) is 2. The summed E-state index contributed by atoms with van der Waals surface area (Å²) in [5.41, 5.74) is 0.487. The number of urea groups is 1. The van der Waals surface area contributed by atoms with Crippen molar-refractivity contribution in [2.45, 2.75) is 18.6 Å². The van der Waals surface area contributed by atoms with Gasteiger partial charge in [-0.15, -0.1) is 0 Å². The summed E-state index contributed by atoms with van der Waals surface area (Å²) in [6.45, 7) is 0.285. The normalized spacial score (nSPS) is 19.2. The van der Waals surface area contributed by atoms with Gasteiger partial charge in [-0.1, -0.05) is 12.1 Å². The van der Waals surface area contributed by atoms with E-state index in [9.17, 15) is 22.4 Å². The van der Waals surface area contributed by atoms with E-state index in [1.165, 1.54) is 12.1 Å². The van der Waals surface area contributed by atoms with Gasteiger partial charge in [-0.05, 0) is 17.7 Å². The molecule has 1 fully saturated rings. The second-order valence-electron chi connectivity index (χ2n) is 3.94. The molecule has 1 aromatic carbocycles. The van der Waals surface area contributed by atoms with Crippen molar-refractivity contribution in [2.24, 2.45) is 0 Å². The van der Waals surface area contributed by atoms with Gasteiger partial charge in [0.1, 0.15) is 5.75 Å². The highest BCUT2D eigenvalue weighted by atomic mass is 19.3. The van der Waals surface area contributed by atoms with Gasteiger partial charge >= 0.3 is 18.6 Å². The third-order valence-corrected chi connectivity index (χ3v) is 2.54. The van der Waals surface area contributed by atoms with E-state index < -0.39 is 18.6 Å². The van der Waals surface area contributed by atoms with Crippen LogP contribution < -0.4 is 15.4 Å². The largest absolute Gasteiger partial charge is 0.461 e. The Kier molecular flexibility index (Phi) is 3.50. The molecule has 2 N–H and O–H groups in total. The zero-order chi connectivity index (χ0) is 14.0. The maximum atomic E-state index is 12.7. The van der Waals surface area contributed by atoms with Crippen LogP contribution in [0.15, 0.2) is 24.3 Å². The highest BCUT2D eigenvalue weighted by Crippen LogP contribution is 2.29. The Balaban J connectivity index is 2.13. The molecule has 0 radical (unpaired) electrons. The van der Waals surface area contributed by atoms with E-state index in [1.807, 2.05) is 0 Å². The summed E-state index contributed by atoms with van der Waals surface area (Å²) in [4.78, 5) is 11.0. The van der Waals surface area contributed by atoms with Gasteiger partial charge in [-0.2, -0.15) is 17.6 Å². The van der Waals surface area contributed by atoms with Crippen molar-refractivity contribution < 1.29 is 27.1 Å². The summed E-state index contributed by atoms with van der Waals surface area (Å²) in [7, 11) is 0. The van der Waals surface area contributed by atoms with Crippen LogP contribution in [0.1, 0.15) is 11.6 Å². The van der Waals surface area contributed by atoms with Gasteiger partial charge in [0.15, 0.2) is 0 Å². The van der Waals surface area contributed by atoms with Crippen LogP contribution in [0.2, 0.25) is 0 Å². The van der Waals surface area contributed by atoms with Crippen molar-refractivity contribution >= 4 is 6.03 Å². The number of benzene rings is 1. The number of halogens is 4. The number of alkyl halides is 4. The monoisotopic (exact) mass is 278 g/mol. The van der Waals surface area contributed by atoms with E-state index in [2.05, 4.69) is 15.4 Å². The van der Waals surface area contributed by atoms with E-state index in [0.29, 0.717) is 5.56 Å². The Labute approximate surface area is 105 Å². The van der Waals surface area contributed by atoms with Crippen molar-refractivity contribution in [2.75, 3.05) is 6.54 Å². The second-order valence-corrected chi connectivity index (χ2v) is 3.94. The highest BCUT2D eigenvalue weighted by Gasteiger charge is 2.44. The lowest BCUT2D eigenvalue weighted by Crippen LogP contribution is -2.33. The molecule has 0 bridgehead atoms. The average molecular weight is 278 g/mol. The molecule has 2 amide bonds. The lowest BCUT2D eigenvalue weighted by molar-refractivity contribution is -0.253. The Morgan fingerprint density at radius 1 is 1.37 bits per heavy atom. The van der Waals surface area contributed by atoms with Crippen molar-refractivity contribution in [3.05, 3.63) is 29.8 Å². The first-order valence-corrected chi connectivity index (χ1v) is 5.38. The third-order valence-electron chi connectivity index (χ3n) is 2.54. The predicted molar refractivity (Wildman–Crippen MR) is 57.3 cm³/mol. The molecule has 1 aliphatic heterocycles. The summed E-state index contributed by atoms with van der Waals surface area (Å²) in [6.07, 6.45) is -8.46. The van der Waals surface area contributed by atoms with Gasteiger partial charge < -0.3 is 15.4 Å². The average Bonchev–Trinajstić information content (AvgIpc) is 2.75. The Hall–Kier alpha value is -1.99. The number of carbonyl (C=O) groups is 1. The quantitative estimate of drug-likeness (QED) is 0.830. The minimum Gasteiger partial charge on any atom is -0.428 e. The van der Waals surface area contributed by atoms with Crippen LogP contribution in [0.25, 0.3) is 0 Å². The van der Waals surface area contributed by atoms with Crippen LogP contribution in [0.4, 0.5) is 22.4 Å². The van der Waals surface area contributed by atoms with Crippen molar-refractivity contribution in [1.82, 2.24) is 10.6 Å².